The molecule has 0 atom stereocenters. The first-order chi connectivity index (χ1) is 10.6. The Kier molecular flexibility index (Phi) is 3.73. The molecule has 3 aromatic rings. The minimum Gasteiger partial charge on any atom is -0.391 e. The average Bonchev–Trinajstić information content (AvgIpc) is 2.91. The van der Waals surface area contributed by atoms with Gasteiger partial charge < -0.3 is 9.63 Å². The molecule has 0 saturated heterocycles. The molecular weight excluding hydrogens is 288 g/mol. The van der Waals surface area contributed by atoms with Gasteiger partial charge in [-0.3, -0.25) is 0 Å². The molecule has 0 saturated carbocycles. The molecule has 0 spiro atoms. The van der Waals surface area contributed by atoms with E-state index in [4.69, 9.17) is 4.52 Å². The lowest BCUT2D eigenvalue weighted by Gasteiger charge is -2.04. The van der Waals surface area contributed by atoms with Crippen LogP contribution in [0.15, 0.2) is 47.0 Å². The van der Waals surface area contributed by atoms with Crippen molar-refractivity contribution in [3.63, 3.8) is 0 Å². The van der Waals surface area contributed by atoms with Crippen LogP contribution in [0.4, 0.5) is 8.78 Å². The van der Waals surface area contributed by atoms with Crippen molar-refractivity contribution in [1.29, 1.82) is 0 Å². The Labute approximate surface area is 125 Å². The number of aryl methyl sites for hydroxylation is 1. The number of benzene rings is 2. The number of aromatic nitrogens is 1. The fourth-order valence-electron chi connectivity index (χ4n) is 2.31. The third-order valence-corrected chi connectivity index (χ3v) is 3.46. The van der Waals surface area contributed by atoms with E-state index in [0.29, 0.717) is 11.3 Å². The number of hydrogen-bond donors (Lipinski definition) is 1. The van der Waals surface area contributed by atoms with Crippen molar-refractivity contribution in [2.24, 2.45) is 0 Å². The number of nitrogens with zero attached hydrogens (tertiary/aromatic N) is 1. The number of halogens is 2. The number of aliphatic hydroxyl groups is 1. The Morgan fingerprint density at radius 1 is 1.05 bits per heavy atom. The smallest absolute Gasteiger partial charge is 0.173 e. The quantitative estimate of drug-likeness (QED) is 0.792. The summed E-state index contributed by atoms with van der Waals surface area (Å²) in [4.78, 5) is 0. The average molecular weight is 301 g/mol. The van der Waals surface area contributed by atoms with E-state index in [1.165, 1.54) is 6.07 Å². The summed E-state index contributed by atoms with van der Waals surface area (Å²) in [5, 5.41) is 13.4. The first-order valence-electron chi connectivity index (χ1n) is 6.72. The molecule has 0 amide bonds. The second kappa shape index (κ2) is 5.69. The molecule has 2 aromatic carbocycles. The van der Waals surface area contributed by atoms with Gasteiger partial charge in [0, 0.05) is 5.56 Å². The minimum absolute atomic E-state index is 0.0197. The summed E-state index contributed by atoms with van der Waals surface area (Å²) in [6, 6.07) is 10.9. The van der Waals surface area contributed by atoms with Gasteiger partial charge in [0.2, 0.25) is 0 Å². The lowest BCUT2D eigenvalue weighted by atomic mass is 10.0. The van der Waals surface area contributed by atoms with Crippen LogP contribution >= 0.6 is 0 Å². The third-order valence-electron chi connectivity index (χ3n) is 3.46. The summed E-state index contributed by atoms with van der Waals surface area (Å²) in [6.45, 7) is 1.51. The number of aliphatic hydroxyl groups excluding tert-OH is 1. The Morgan fingerprint density at radius 3 is 2.27 bits per heavy atom. The van der Waals surface area contributed by atoms with Crippen molar-refractivity contribution >= 4 is 0 Å². The SMILES string of the molecule is Cc1ccc(-c2onc(-c3c(F)cccc3F)c2CO)cc1. The molecule has 3 rings (SSSR count). The van der Waals surface area contributed by atoms with E-state index in [2.05, 4.69) is 5.16 Å². The maximum absolute atomic E-state index is 13.9. The normalized spacial score (nSPS) is 10.9. The van der Waals surface area contributed by atoms with Gasteiger partial charge in [-0.15, -0.1) is 0 Å². The van der Waals surface area contributed by atoms with Gasteiger partial charge in [-0.25, -0.2) is 8.78 Å². The number of rotatable bonds is 3. The molecule has 3 nitrogen and oxygen atoms in total. The van der Waals surface area contributed by atoms with Crippen molar-refractivity contribution in [1.82, 2.24) is 5.16 Å². The summed E-state index contributed by atoms with van der Waals surface area (Å²) in [6.07, 6.45) is 0. The molecule has 0 fully saturated rings. The molecule has 0 aliphatic heterocycles. The molecule has 1 heterocycles. The molecule has 5 heteroatoms. The zero-order valence-corrected chi connectivity index (χ0v) is 11.8. The Morgan fingerprint density at radius 2 is 1.68 bits per heavy atom. The summed E-state index contributed by atoms with van der Waals surface area (Å²) in [5.74, 6) is -1.20. The van der Waals surface area contributed by atoms with Gasteiger partial charge in [0.25, 0.3) is 0 Å². The van der Waals surface area contributed by atoms with Gasteiger partial charge in [-0.2, -0.15) is 0 Å². The minimum atomic E-state index is -0.751. The highest BCUT2D eigenvalue weighted by Gasteiger charge is 2.23. The van der Waals surface area contributed by atoms with Crippen LogP contribution in [0.25, 0.3) is 22.6 Å². The van der Waals surface area contributed by atoms with Crippen LogP contribution < -0.4 is 0 Å². The largest absolute Gasteiger partial charge is 0.391 e. The summed E-state index contributed by atoms with van der Waals surface area (Å²) in [7, 11) is 0. The second-order valence-corrected chi connectivity index (χ2v) is 4.96. The molecule has 112 valence electrons. The van der Waals surface area contributed by atoms with Gasteiger partial charge in [0.1, 0.15) is 17.3 Å². The topological polar surface area (TPSA) is 46.3 Å². The molecule has 22 heavy (non-hydrogen) atoms. The number of hydrogen-bond acceptors (Lipinski definition) is 3. The van der Waals surface area contributed by atoms with Crippen LogP contribution in [-0.4, -0.2) is 10.3 Å². The van der Waals surface area contributed by atoms with Crippen molar-refractivity contribution in [3.8, 4) is 22.6 Å². The van der Waals surface area contributed by atoms with Crippen LogP contribution in [0.3, 0.4) is 0 Å². The van der Waals surface area contributed by atoms with Crippen molar-refractivity contribution in [2.75, 3.05) is 0 Å². The van der Waals surface area contributed by atoms with Crippen molar-refractivity contribution in [2.45, 2.75) is 13.5 Å². The Hall–Kier alpha value is -2.53. The second-order valence-electron chi connectivity index (χ2n) is 4.96. The van der Waals surface area contributed by atoms with E-state index in [9.17, 15) is 13.9 Å². The monoisotopic (exact) mass is 301 g/mol. The summed E-state index contributed by atoms with van der Waals surface area (Å²) < 4.78 is 33.1. The molecule has 0 aliphatic carbocycles. The lowest BCUT2D eigenvalue weighted by molar-refractivity contribution is 0.281. The van der Waals surface area contributed by atoms with E-state index in [1.807, 2.05) is 19.1 Å². The Bertz CT molecular complexity index is 790. The highest BCUT2D eigenvalue weighted by molar-refractivity contribution is 5.73. The van der Waals surface area contributed by atoms with E-state index < -0.39 is 18.2 Å². The van der Waals surface area contributed by atoms with Crippen LogP contribution in [-0.2, 0) is 6.61 Å². The molecule has 1 N–H and O–H groups in total. The van der Waals surface area contributed by atoms with Gasteiger partial charge in [-0.05, 0) is 19.1 Å². The predicted octanol–water partition coefficient (Wildman–Crippen LogP) is 4.09. The van der Waals surface area contributed by atoms with Crippen LogP contribution in [0, 0.1) is 18.6 Å². The van der Waals surface area contributed by atoms with Crippen LogP contribution in [0.5, 0.6) is 0 Å². The van der Waals surface area contributed by atoms with Crippen LogP contribution in [0.1, 0.15) is 11.1 Å². The van der Waals surface area contributed by atoms with Gasteiger partial charge in [0.15, 0.2) is 5.76 Å². The summed E-state index contributed by atoms with van der Waals surface area (Å²) in [5.41, 5.74) is 1.69. The Balaban J connectivity index is 2.18. The van der Waals surface area contributed by atoms with Gasteiger partial charge in [-0.1, -0.05) is 41.1 Å². The molecule has 0 aliphatic rings. The van der Waals surface area contributed by atoms with E-state index in [1.54, 1.807) is 12.1 Å². The first-order valence-corrected chi connectivity index (χ1v) is 6.72. The molecule has 0 radical (unpaired) electrons. The predicted molar refractivity (Wildman–Crippen MR) is 78.0 cm³/mol. The standard InChI is InChI=1S/C17H13F2NO2/c1-10-5-7-11(8-6-10)17-12(9-21)16(20-22-17)15-13(18)3-2-4-14(15)19/h2-8,21H,9H2,1H3. The lowest BCUT2D eigenvalue weighted by Crippen LogP contribution is -1.94. The molecular formula is C17H13F2NO2. The van der Waals surface area contributed by atoms with Crippen molar-refractivity contribution < 1.29 is 18.4 Å². The zero-order valence-electron chi connectivity index (χ0n) is 11.8. The third kappa shape index (κ3) is 2.40. The fourth-order valence-corrected chi connectivity index (χ4v) is 2.31. The first kappa shape index (κ1) is 14.4. The highest BCUT2D eigenvalue weighted by atomic mass is 19.1. The van der Waals surface area contributed by atoms with Gasteiger partial charge in [0.05, 0.1) is 17.7 Å². The van der Waals surface area contributed by atoms with E-state index in [0.717, 1.165) is 17.7 Å². The van der Waals surface area contributed by atoms with Crippen molar-refractivity contribution in [3.05, 3.63) is 65.2 Å². The molecule has 0 unspecified atom stereocenters. The highest BCUT2D eigenvalue weighted by Crippen LogP contribution is 2.34. The van der Waals surface area contributed by atoms with E-state index >= 15 is 0 Å². The van der Waals surface area contributed by atoms with Gasteiger partial charge >= 0.3 is 0 Å². The van der Waals surface area contributed by atoms with E-state index in [-0.39, 0.29) is 16.8 Å². The van der Waals surface area contributed by atoms with Crippen LogP contribution in [0.2, 0.25) is 0 Å². The maximum Gasteiger partial charge on any atom is 0.173 e. The zero-order chi connectivity index (χ0) is 15.7. The summed E-state index contributed by atoms with van der Waals surface area (Å²) >= 11 is 0. The maximum atomic E-state index is 13.9. The fraction of sp³-hybridized carbons (Fsp3) is 0.118. The molecule has 0 bridgehead atoms. The molecule has 1 aromatic heterocycles.